The molecule has 2 aromatic carbocycles. The van der Waals surface area contributed by atoms with Crippen LogP contribution in [-0.4, -0.2) is 60.3 Å². The first kappa shape index (κ1) is 23.4. The topological polar surface area (TPSA) is 26.7 Å². The number of aliphatic hydroxyl groups is 1. The van der Waals surface area contributed by atoms with Crippen molar-refractivity contribution in [3.05, 3.63) is 76.1 Å². The Balaban J connectivity index is 1.67. The fourth-order valence-corrected chi connectivity index (χ4v) is 5.26. The van der Waals surface area contributed by atoms with Gasteiger partial charge in [0.15, 0.2) is 0 Å². The van der Waals surface area contributed by atoms with Crippen molar-refractivity contribution >= 4 is 17.7 Å². The smallest absolute Gasteiger partial charge is 0.123 e. The highest BCUT2D eigenvalue weighted by Gasteiger charge is 2.42. The summed E-state index contributed by atoms with van der Waals surface area (Å²) in [7, 11) is 2.17. The minimum Gasteiger partial charge on any atom is -0.385 e. The van der Waals surface area contributed by atoms with E-state index in [0.29, 0.717) is 11.4 Å². The second-order valence-electron chi connectivity index (χ2n) is 9.50. The normalized spacial score (nSPS) is 26.9. The molecule has 0 amide bonds. The fourth-order valence-electron chi connectivity index (χ4n) is 5.14. The first-order valence-electron chi connectivity index (χ1n) is 11.8. The molecule has 0 aromatic heterocycles. The van der Waals surface area contributed by atoms with Gasteiger partial charge in [-0.3, -0.25) is 0 Å². The molecule has 0 bridgehead atoms. The van der Waals surface area contributed by atoms with Crippen LogP contribution in [0.15, 0.2) is 54.1 Å². The van der Waals surface area contributed by atoms with E-state index >= 15 is 0 Å². The predicted molar refractivity (Wildman–Crippen MR) is 130 cm³/mol. The third-order valence-electron chi connectivity index (χ3n) is 7.15. The number of rotatable bonds is 5. The van der Waals surface area contributed by atoms with E-state index in [4.69, 9.17) is 11.6 Å². The molecule has 1 N–H and O–H groups in total. The summed E-state index contributed by atoms with van der Waals surface area (Å²) >= 11 is 6.09. The van der Waals surface area contributed by atoms with Crippen LogP contribution in [-0.2, 0) is 6.42 Å². The summed E-state index contributed by atoms with van der Waals surface area (Å²) in [6.45, 7) is 5.10. The molecule has 1 aliphatic carbocycles. The summed E-state index contributed by atoms with van der Waals surface area (Å²) in [5.74, 6) is -0.107. The monoisotopic (exact) mass is 456 g/mol. The Morgan fingerprint density at radius 3 is 2.41 bits per heavy atom. The lowest BCUT2D eigenvalue weighted by Gasteiger charge is -2.42. The molecule has 2 fully saturated rings. The van der Waals surface area contributed by atoms with E-state index in [1.807, 2.05) is 36.4 Å². The van der Waals surface area contributed by atoms with Gasteiger partial charge in [0.2, 0.25) is 0 Å². The second kappa shape index (κ2) is 10.5. The van der Waals surface area contributed by atoms with E-state index in [1.165, 1.54) is 12.1 Å². The standard InChI is InChI=1S/C27H34ClFN2O/c1-30-14-16-31(17-15-30)20-24-5-3-2-4-23(18-21-6-10-25(28)11-7-21)27(24,32)19-22-8-12-26(29)13-9-22/h6-13,18,24,32H,2-5,14-17,19-20H2,1H3/b23-18-. The summed E-state index contributed by atoms with van der Waals surface area (Å²) in [6.07, 6.45) is 6.72. The zero-order valence-corrected chi connectivity index (χ0v) is 19.7. The molecule has 5 heteroatoms. The van der Waals surface area contributed by atoms with Crippen LogP contribution in [0.4, 0.5) is 4.39 Å². The molecule has 3 nitrogen and oxygen atoms in total. The molecule has 1 heterocycles. The van der Waals surface area contributed by atoms with Crippen LogP contribution >= 0.6 is 11.6 Å². The van der Waals surface area contributed by atoms with E-state index in [0.717, 1.165) is 75.1 Å². The quantitative estimate of drug-likeness (QED) is 0.620. The number of likely N-dealkylation sites (N-methyl/N-ethyl adjacent to an activating group) is 1. The van der Waals surface area contributed by atoms with E-state index < -0.39 is 5.60 Å². The van der Waals surface area contributed by atoms with Crippen LogP contribution in [0, 0.1) is 11.7 Å². The minimum atomic E-state index is -0.961. The van der Waals surface area contributed by atoms with Gasteiger partial charge < -0.3 is 14.9 Å². The second-order valence-corrected chi connectivity index (χ2v) is 9.93. The Labute approximate surface area is 196 Å². The minimum absolute atomic E-state index is 0.136. The van der Waals surface area contributed by atoms with Crippen molar-refractivity contribution in [2.75, 3.05) is 39.8 Å². The molecule has 32 heavy (non-hydrogen) atoms. The SMILES string of the molecule is CN1CCN(CC2CCCC/C(=C/c3ccc(Cl)cc3)C2(O)Cc2ccc(F)cc2)CC1. The Morgan fingerprint density at radius 1 is 1.03 bits per heavy atom. The lowest BCUT2D eigenvalue weighted by atomic mass is 9.74. The fraction of sp³-hybridized carbons (Fsp3) is 0.481. The zero-order valence-electron chi connectivity index (χ0n) is 18.9. The number of piperazine rings is 1. The zero-order chi connectivity index (χ0) is 22.6. The Kier molecular flexibility index (Phi) is 7.67. The lowest BCUT2D eigenvalue weighted by Crippen LogP contribution is -2.51. The average molecular weight is 457 g/mol. The highest BCUT2D eigenvalue weighted by molar-refractivity contribution is 6.30. The van der Waals surface area contributed by atoms with Crippen molar-refractivity contribution in [2.45, 2.75) is 37.7 Å². The number of nitrogens with zero attached hydrogens (tertiary/aromatic N) is 2. The number of halogens is 2. The van der Waals surface area contributed by atoms with Crippen LogP contribution in [0.2, 0.25) is 5.02 Å². The van der Waals surface area contributed by atoms with Gasteiger partial charge in [0.25, 0.3) is 0 Å². The van der Waals surface area contributed by atoms with E-state index in [1.54, 1.807) is 0 Å². The maximum absolute atomic E-state index is 13.5. The molecule has 2 atom stereocenters. The van der Waals surface area contributed by atoms with Gasteiger partial charge in [-0.2, -0.15) is 0 Å². The van der Waals surface area contributed by atoms with E-state index in [2.05, 4.69) is 22.9 Å². The summed E-state index contributed by atoms with van der Waals surface area (Å²) in [5, 5.41) is 13.1. The van der Waals surface area contributed by atoms with Crippen LogP contribution in [0.25, 0.3) is 6.08 Å². The van der Waals surface area contributed by atoms with E-state index in [-0.39, 0.29) is 11.7 Å². The van der Waals surface area contributed by atoms with Crippen molar-refractivity contribution in [1.82, 2.24) is 9.80 Å². The summed E-state index contributed by atoms with van der Waals surface area (Å²) in [4.78, 5) is 4.87. The molecular weight excluding hydrogens is 423 g/mol. The van der Waals surface area contributed by atoms with Crippen molar-refractivity contribution in [3.63, 3.8) is 0 Å². The highest BCUT2D eigenvalue weighted by Crippen LogP contribution is 2.41. The summed E-state index contributed by atoms with van der Waals surface area (Å²) < 4.78 is 13.5. The van der Waals surface area contributed by atoms with E-state index in [9.17, 15) is 9.50 Å². The molecule has 0 radical (unpaired) electrons. The molecule has 2 unspecified atom stereocenters. The average Bonchev–Trinajstić information content (AvgIpc) is 2.92. The molecular formula is C27H34ClFN2O. The van der Waals surface area contributed by atoms with Gasteiger partial charge in [0.05, 0.1) is 5.60 Å². The number of hydrogen-bond acceptors (Lipinski definition) is 3. The molecule has 4 rings (SSSR count). The summed E-state index contributed by atoms with van der Waals surface area (Å²) in [5.41, 5.74) is 2.15. The highest BCUT2D eigenvalue weighted by atomic mass is 35.5. The molecule has 172 valence electrons. The van der Waals surface area contributed by atoms with Crippen molar-refractivity contribution in [2.24, 2.45) is 5.92 Å². The lowest BCUT2D eigenvalue weighted by molar-refractivity contribution is -0.00644. The largest absolute Gasteiger partial charge is 0.385 e. The first-order chi connectivity index (χ1) is 15.4. The van der Waals surface area contributed by atoms with Gasteiger partial charge in [0, 0.05) is 50.1 Å². The maximum Gasteiger partial charge on any atom is 0.123 e. The molecule has 0 spiro atoms. The van der Waals surface area contributed by atoms with Crippen LogP contribution in [0.1, 0.15) is 36.8 Å². The van der Waals surface area contributed by atoms with Crippen molar-refractivity contribution in [1.29, 1.82) is 0 Å². The third-order valence-corrected chi connectivity index (χ3v) is 7.40. The Morgan fingerprint density at radius 2 is 1.72 bits per heavy atom. The van der Waals surface area contributed by atoms with Crippen molar-refractivity contribution in [3.8, 4) is 0 Å². The van der Waals surface area contributed by atoms with Gasteiger partial charge in [-0.25, -0.2) is 4.39 Å². The van der Waals surface area contributed by atoms with Crippen molar-refractivity contribution < 1.29 is 9.50 Å². The first-order valence-corrected chi connectivity index (χ1v) is 12.1. The van der Waals surface area contributed by atoms with Crippen LogP contribution in [0.3, 0.4) is 0 Å². The Hall–Kier alpha value is -1.72. The predicted octanol–water partition coefficient (Wildman–Crippen LogP) is 5.27. The van der Waals surface area contributed by atoms with Crippen LogP contribution in [0.5, 0.6) is 0 Å². The summed E-state index contributed by atoms with van der Waals surface area (Å²) in [6, 6.07) is 14.4. The number of hydrogen-bond donors (Lipinski definition) is 1. The molecule has 1 saturated carbocycles. The van der Waals surface area contributed by atoms with Gasteiger partial charge in [0.1, 0.15) is 5.82 Å². The molecule has 2 aliphatic rings. The van der Waals surface area contributed by atoms with Gasteiger partial charge in [-0.15, -0.1) is 0 Å². The maximum atomic E-state index is 13.5. The Bertz CT molecular complexity index is 906. The van der Waals surface area contributed by atoms with Gasteiger partial charge in [-0.05, 0) is 67.3 Å². The third kappa shape index (κ3) is 5.79. The van der Waals surface area contributed by atoms with Gasteiger partial charge in [-0.1, -0.05) is 48.4 Å². The molecule has 1 aliphatic heterocycles. The van der Waals surface area contributed by atoms with Gasteiger partial charge >= 0.3 is 0 Å². The number of benzene rings is 2. The molecule has 2 aromatic rings. The molecule has 1 saturated heterocycles. The van der Waals surface area contributed by atoms with Crippen LogP contribution < -0.4 is 0 Å².